The van der Waals surface area contributed by atoms with Gasteiger partial charge in [-0.15, -0.1) is 11.8 Å². The highest BCUT2D eigenvalue weighted by Crippen LogP contribution is 2.39. The predicted octanol–water partition coefficient (Wildman–Crippen LogP) is 3.17. The first-order valence-electron chi connectivity index (χ1n) is 7.43. The van der Waals surface area contributed by atoms with E-state index in [9.17, 15) is 0 Å². The molecule has 0 spiro atoms. The highest BCUT2D eigenvalue weighted by atomic mass is 32.2. The molecule has 2 atom stereocenters. The van der Waals surface area contributed by atoms with Crippen LogP contribution in [-0.2, 0) is 11.2 Å². The highest BCUT2D eigenvalue weighted by Gasteiger charge is 2.33. The Morgan fingerprint density at radius 3 is 2.89 bits per heavy atom. The molecule has 1 heterocycles. The van der Waals surface area contributed by atoms with E-state index in [1.54, 1.807) is 0 Å². The summed E-state index contributed by atoms with van der Waals surface area (Å²) in [6, 6.07) is 9.48. The lowest BCUT2D eigenvalue weighted by atomic mass is 9.87. The molecule has 3 heteroatoms. The molecule has 104 valence electrons. The first-order valence-corrected chi connectivity index (χ1v) is 8.37. The molecule has 1 aromatic rings. The first-order chi connectivity index (χ1) is 9.38. The van der Waals surface area contributed by atoms with Crippen LogP contribution in [0.4, 0.5) is 0 Å². The zero-order chi connectivity index (χ0) is 13.1. The van der Waals surface area contributed by atoms with Gasteiger partial charge >= 0.3 is 0 Å². The van der Waals surface area contributed by atoms with E-state index in [1.807, 2.05) is 0 Å². The molecule has 19 heavy (non-hydrogen) atoms. The second-order valence-corrected chi connectivity index (χ2v) is 7.05. The zero-order valence-electron chi connectivity index (χ0n) is 11.6. The van der Waals surface area contributed by atoms with Crippen molar-refractivity contribution in [3.8, 4) is 0 Å². The molecule has 0 aromatic heterocycles. The molecule has 1 aliphatic carbocycles. The standard InChI is InChI=1S/C16H23NOS/c1-2-9-17-16-14-6-4-3-5-12(14)7-8-15(16)19-13-10-18-11-13/h3-6,13,15-17H,2,7-11H2,1H3. The van der Waals surface area contributed by atoms with Gasteiger partial charge in [0.2, 0.25) is 0 Å². The Hall–Kier alpha value is -0.510. The Balaban J connectivity index is 1.76. The third kappa shape index (κ3) is 2.99. The van der Waals surface area contributed by atoms with Gasteiger partial charge in [-0.25, -0.2) is 0 Å². The number of benzene rings is 1. The zero-order valence-corrected chi connectivity index (χ0v) is 12.4. The molecule has 1 saturated heterocycles. The number of hydrogen-bond acceptors (Lipinski definition) is 3. The minimum absolute atomic E-state index is 0.524. The molecule has 1 fully saturated rings. The van der Waals surface area contributed by atoms with Crippen LogP contribution in [0.5, 0.6) is 0 Å². The number of rotatable bonds is 5. The summed E-state index contributed by atoms with van der Waals surface area (Å²) >= 11 is 2.14. The van der Waals surface area contributed by atoms with E-state index in [1.165, 1.54) is 30.4 Å². The van der Waals surface area contributed by atoms with E-state index < -0.39 is 0 Å². The summed E-state index contributed by atoms with van der Waals surface area (Å²) in [5, 5.41) is 5.20. The minimum Gasteiger partial charge on any atom is -0.379 e. The number of ether oxygens (including phenoxy) is 1. The fourth-order valence-corrected chi connectivity index (χ4v) is 4.46. The van der Waals surface area contributed by atoms with Crippen molar-refractivity contribution in [3.63, 3.8) is 0 Å². The number of aryl methyl sites for hydroxylation is 1. The van der Waals surface area contributed by atoms with Crippen molar-refractivity contribution >= 4 is 11.8 Å². The number of nitrogens with one attached hydrogen (secondary N) is 1. The maximum Gasteiger partial charge on any atom is 0.0608 e. The lowest BCUT2D eigenvalue weighted by Gasteiger charge is -2.38. The number of fused-ring (bicyclic) bond motifs is 1. The molecule has 0 saturated carbocycles. The van der Waals surface area contributed by atoms with Gasteiger partial charge in [-0.05, 0) is 36.9 Å². The molecular formula is C16H23NOS. The van der Waals surface area contributed by atoms with E-state index in [4.69, 9.17) is 4.74 Å². The van der Waals surface area contributed by atoms with Crippen LogP contribution in [0.2, 0.25) is 0 Å². The maximum atomic E-state index is 5.32. The molecule has 1 aromatic carbocycles. The third-order valence-electron chi connectivity index (χ3n) is 4.05. The van der Waals surface area contributed by atoms with Crippen molar-refractivity contribution in [2.24, 2.45) is 0 Å². The van der Waals surface area contributed by atoms with Crippen molar-refractivity contribution < 1.29 is 4.74 Å². The van der Waals surface area contributed by atoms with Gasteiger partial charge in [0.15, 0.2) is 0 Å². The van der Waals surface area contributed by atoms with Crippen LogP contribution in [0.15, 0.2) is 24.3 Å². The molecule has 0 amide bonds. The largest absolute Gasteiger partial charge is 0.379 e. The van der Waals surface area contributed by atoms with Crippen LogP contribution in [0.25, 0.3) is 0 Å². The van der Waals surface area contributed by atoms with Crippen LogP contribution in [0, 0.1) is 0 Å². The predicted molar refractivity (Wildman–Crippen MR) is 81.8 cm³/mol. The Kier molecular flexibility index (Phi) is 4.46. The summed E-state index contributed by atoms with van der Waals surface area (Å²) < 4.78 is 5.32. The quantitative estimate of drug-likeness (QED) is 0.893. The van der Waals surface area contributed by atoms with E-state index in [2.05, 4.69) is 48.3 Å². The van der Waals surface area contributed by atoms with Gasteiger partial charge in [0.25, 0.3) is 0 Å². The van der Waals surface area contributed by atoms with E-state index in [0.29, 0.717) is 11.3 Å². The molecule has 0 bridgehead atoms. The average Bonchev–Trinajstić information content (AvgIpc) is 2.41. The molecule has 2 aliphatic rings. The molecule has 2 unspecified atom stereocenters. The normalized spacial score (nSPS) is 26.8. The Bertz CT molecular complexity index is 419. The Morgan fingerprint density at radius 2 is 2.16 bits per heavy atom. The van der Waals surface area contributed by atoms with Gasteiger partial charge in [0.05, 0.1) is 18.5 Å². The van der Waals surface area contributed by atoms with E-state index in [-0.39, 0.29) is 0 Å². The lowest BCUT2D eigenvalue weighted by Crippen LogP contribution is -2.39. The highest BCUT2D eigenvalue weighted by molar-refractivity contribution is 8.00. The molecule has 2 nitrogen and oxygen atoms in total. The Labute approximate surface area is 120 Å². The topological polar surface area (TPSA) is 21.3 Å². The van der Waals surface area contributed by atoms with Gasteiger partial charge in [-0.1, -0.05) is 31.2 Å². The summed E-state index contributed by atoms with van der Waals surface area (Å²) in [6.45, 7) is 5.24. The summed E-state index contributed by atoms with van der Waals surface area (Å²) in [6.07, 6.45) is 3.72. The van der Waals surface area contributed by atoms with Gasteiger partial charge in [-0.3, -0.25) is 0 Å². The summed E-state index contributed by atoms with van der Waals surface area (Å²) in [7, 11) is 0. The van der Waals surface area contributed by atoms with Crippen LogP contribution in [0.3, 0.4) is 0 Å². The second-order valence-electron chi connectivity index (χ2n) is 5.50. The first kappa shape index (κ1) is 13.5. The SMILES string of the molecule is CCCNC1c2ccccc2CCC1SC1COC1. The van der Waals surface area contributed by atoms with E-state index in [0.717, 1.165) is 25.0 Å². The van der Waals surface area contributed by atoms with Crippen molar-refractivity contribution in [1.29, 1.82) is 0 Å². The monoisotopic (exact) mass is 277 g/mol. The van der Waals surface area contributed by atoms with Gasteiger partial charge in [0, 0.05) is 11.3 Å². The van der Waals surface area contributed by atoms with Crippen molar-refractivity contribution in [2.45, 2.75) is 42.7 Å². The molecule has 1 N–H and O–H groups in total. The molecule has 1 aliphatic heterocycles. The van der Waals surface area contributed by atoms with Crippen LogP contribution in [0.1, 0.15) is 36.9 Å². The summed E-state index contributed by atoms with van der Waals surface area (Å²) in [4.78, 5) is 0. The van der Waals surface area contributed by atoms with Crippen molar-refractivity contribution in [2.75, 3.05) is 19.8 Å². The molecule has 3 rings (SSSR count). The average molecular weight is 277 g/mol. The fourth-order valence-electron chi connectivity index (χ4n) is 2.96. The minimum atomic E-state index is 0.524. The number of hydrogen-bond donors (Lipinski definition) is 1. The van der Waals surface area contributed by atoms with Crippen molar-refractivity contribution in [3.05, 3.63) is 35.4 Å². The lowest BCUT2D eigenvalue weighted by molar-refractivity contribution is 0.0451. The summed E-state index contributed by atoms with van der Waals surface area (Å²) in [5.41, 5.74) is 3.07. The molecule has 0 radical (unpaired) electrons. The third-order valence-corrected chi connectivity index (χ3v) is 5.56. The van der Waals surface area contributed by atoms with Crippen LogP contribution in [-0.4, -0.2) is 30.3 Å². The molecular weight excluding hydrogens is 254 g/mol. The summed E-state index contributed by atoms with van der Waals surface area (Å²) in [5.74, 6) is 0. The maximum absolute atomic E-state index is 5.32. The van der Waals surface area contributed by atoms with E-state index >= 15 is 0 Å². The van der Waals surface area contributed by atoms with Crippen LogP contribution >= 0.6 is 11.8 Å². The smallest absolute Gasteiger partial charge is 0.0608 e. The van der Waals surface area contributed by atoms with Crippen LogP contribution < -0.4 is 5.32 Å². The second kappa shape index (κ2) is 6.29. The van der Waals surface area contributed by atoms with Gasteiger partial charge < -0.3 is 10.1 Å². The Morgan fingerprint density at radius 1 is 1.32 bits per heavy atom. The number of thioether (sulfide) groups is 1. The van der Waals surface area contributed by atoms with Gasteiger partial charge in [0.1, 0.15) is 0 Å². The van der Waals surface area contributed by atoms with Gasteiger partial charge in [-0.2, -0.15) is 0 Å². The fraction of sp³-hybridized carbons (Fsp3) is 0.625. The van der Waals surface area contributed by atoms with Crippen molar-refractivity contribution in [1.82, 2.24) is 5.32 Å².